The summed E-state index contributed by atoms with van der Waals surface area (Å²) in [5.41, 5.74) is -0.551. The Balaban J connectivity index is 2.59. The van der Waals surface area contributed by atoms with Gasteiger partial charge in [-0.1, -0.05) is 0 Å². The number of rotatable bonds is 2. The Hall–Kier alpha value is -1.30. The van der Waals surface area contributed by atoms with Crippen molar-refractivity contribution in [2.45, 2.75) is 45.3 Å². The van der Waals surface area contributed by atoms with Gasteiger partial charge in [0.05, 0.1) is 7.11 Å². The Morgan fingerprint density at radius 3 is 2.53 bits per heavy atom. The van der Waals surface area contributed by atoms with E-state index in [4.69, 9.17) is 4.74 Å². The quantitative estimate of drug-likeness (QED) is 0.764. The Morgan fingerprint density at radius 1 is 1.37 bits per heavy atom. The average molecular weight is 273 g/mol. The van der Waals surface area contributed by atoms with E-state index in [1.807, 2.05) is 0 Å². The van der Waals surface area contributed by atoms with Crippen molar-refractivity contribution in [2.75, 3.05) is 20.2 Å². The summed E-state index contributed by atoms with van der Waals surface area (Å²) in [5, 5.41) is 9.82. The van der Waals surface area contributed by atoms with E-state index in [1.54, 1.807) is 20.8 Å². The third-order valence-electron chi connectivity index (χ3n) is 3.00. The maximum Gasteiger partial charge on any atom is 0.410 e. The van der Waals surface area contributed by atoms with Gasteiger partial charge in [-0.05, 0) is 33.6 Å². The van der Waals surface area contributed by atoms with Crippen LogP contribution in [0.1, 0.15) is 33.6 Å². The predicted octanol–water partition coefficient (Wildman–Crippen LogP) is 1.17. The Morgan fingerprint density at radius 2 is 2.00 bits per heavy atom. The normalized spacial score (nSPS) is 21.7. The van der Waals surface area contributed by atoms with Gasteiger partial charge in [-0.3, -0.25) is 0 Å². The molecule has 2 atom stereocenters. The van der Waals surface area contributed by atoms with E-state index >= 15 is 0 Å². The molecule has 2 unspecified atom stereocenters. The third kappa shape index (κ3) is 4.70. The Kier molecular flexibility index (Phi) is 5.17. The number of aliphatic hydroxyl groups is 1. The first-order chi connectivity index (χ1) is 8.74. The molecule has 1 rings (SSSR count). The molecule has 1 aliphatic rings. The second-order valence-corrected chi connectivity index (χ2v) is 5.80. The zero-order valence-electron chi connectivity index (χ0n) is 12.0. The van der Waals surface area contributed by atoms with Crippen LogP contribution in [0.2, 0.25) is 0 Å². The van der Waals surface area contributed by atoms with Gasteiger partial charge in [-0.25, -0.2) is 9.59 Å². The fourth-order valence-electron chi connectivity index (χ4n) is 2.07. The van der Waals surface area contributed by atoms with Crippen LogP contribution in [0.15, 0.2) is 0 Å². The number of amides is 1. The third-order valence-corrected chi connectivity index (χ3v) is 3.00. The number of piperidine rings is 1. The van der Waals surface area contributed by atoms with Gasteiger partial charge in [0.25, 0.3) is 0 Å². The Bertz CT molecular complexity index is 336. The fourth-order valence-corrected chi connectivity index (χ4v) is 2.07. The highest BCUT2D eigenvalue weighted by Gasteiger charge is 2.34. The van der Waals surface area contributed by atoms with E-state index < -0.39 is 23.8 Å². The molecule has 6 nitrogen and oxygen atoms in total. The number of esters is 1. The molecule has 1 heterocycles. The number of likely N-dealkylation sites (tertiary alicyclic amines) is 1. The second kappa shape index (κ2) is 6.23. The van der Waals surface area contributed by atoms with E-state index in [0.717, 1.165) is 6.42 Å². The molecule has 0 radical (unpaired) electrons. The molecule has 0 aromatic heterocycles. The lowest BCUT2D eigenvalue weighted by Gasteiger charge is -2.35. The van der Waals surface area contributed by atoms with E-state index in [2.05, 4.69) is 4.74 Å². The molecular formula is C13H23NO5. The topological polar surface area (TPSA) is 76.1 Å². The minimum absolute atomic E-state index is 0.297. The number of carbonyl (C=O) groups excluding carboxylic acids is 2. The van der Waals surface area contributed by atoms with Crippen molar-refractivity contribution in [1.29, 1.82) is 0 Å². The van der Waals surface area contributed by atoms with Gasteiger partial charge in [0, 0.05) is 19.0 Å². The summed E-state index contributed by atoms with van der Waals surface area (Å²) < 4.78 is 9.80. The number of hydrogen-bond donors (Lipinski definition) is 1. The van der Waals surface area contributed by atoms with Crippen LogP contribution in [0.25, 0.3) is 0 Å². The zero-order valence-corrected chi connectivity index (χ0v) is 12.0. The molecule has 19 heavy (non-hydrogen) atoms. The molecule has 0 saturated carbocycles. The van der Waals surface area contributed by atoms with E-state index in [0.29, 0.717) is 19.5 Å². The van der Waals surface area contributed by atoms with Gasteiger partial charge in [-0.2, -0.15) is 0 Å². The van der Waals surface area contributed by atoms with Crippen LogP contribution in [-0.4, -0.2) is 54.0 Å². The molecule has 0 spiro atoms. The molecule has 1 saturated heterocycles. The number of nitrogens with zero attached hydrogens (tertiary/aromatic N) is 1. The van der Waals surface area contributed by atoms with Crippen LogP contribution in [0.4, 0.5) is 4.79 Å². The van der Waals surface area contributed by atoms with Gasteiger partial charge in [-0.15, -0.1) is 0 Å². The number of methoxy groups -OCH3 is 1. The van der Waals surface area contributed by atoms with Crippen LogP contribution < -0.4 is 0 Å². The summed E-state index contributed by atoms with van der Waals surface area (Å²) in [6, 6.07) is 0. The van der Waals surface area contributed by atoms with E-state index in [1.165, 1.54) is 12.0 Å². The minimum Gasteiger partial charge on any atom is -0.467 e. The van der Waals surface area contributed by atoms with Crippen LogP contribution in [0.3, 0.4) is 0 Å². The molecular weight excluding hydrogens is 250 g/mol. The smallest absolute Gasteiger partial charge is 0.410 e. The van der Waals surface area contributed by atoms with Crippen LogP contribution in [0.5, 0.6) is 0 Å². The molecule has 1 aliphatic heterocycles. The number of ether oxygens (including phenoxy) is 2. The van der Waals surface area contributed by atoms with Crippen molar-refractivity contribution in [3.05, 3.63) is 0 Å². The van der Waals surface area contributed by atoms with Crippen molar-refractivity contribution in [3.63, 3.8) is 0 Å². The lowest BCUT2D eigenvalue weighted by atomic mass is 9.93. The molecule has 0 bridgehead atoms. The maximum atomic E-state index is 11.9. The summed E-state index contributed by atoms with van der Waals surface area (Å²) in [6.45, 7) is 6.30. The van der Waals surface area contributed by atoms with E-state index in [-0.39, 0.29) is 5.92 Å². The molecule has 0 aromatic rings. The monoisotopic (exact) mass is 273 g/mol. The predicted molar refractivity (Wildman–Crippen MR) is 68.6 cm³/mol. The lowest BCUT2D eigenvalue weighted by molar-refractivity contribution is -0.154. The highest BCUT2D eigenvalue weighted by molar-refractivity contribution is 5.75. The maximum absolute atomic E-state index is 11.9. The summed E-state index contributed by atoms with van der Waals surface area (Å²) in [5.74, 6) is -0.954. The fraction of sp³-hybridized carbons (Fsp3) is 0.846. The zero-order chi connectivity index (χ0) is 14.6. The largest absolute Gasteiger partial charge is 0.467 e. The highest BCUT2D eigenvalue weighted by Crippen LogP contribution is 2.22. The van der Waals surface area contributed by atoms with Crippen molar-refractivity contribution >= 4 is 12.1 Å². The summed E-state index contributed by atoms with van der Waals surface area (Å²) in [4.78, 5) is 24.8. The summed E-state index contributed by atoms with van der Waals surface area (Å²) in [6.07, 6.45) is -0.169. The molecule has 1 amide bonds. The first-order valence-corrected chi connectivity index (χ1v) is 6.48. The first kappa shape index (κ1) is 15.8. The number of aliphatic hydroxyl groups excluding tert-OH is 1. The average Bonchev–Trinajstić information content (AvgIpc) is 2.35. The first-order valence-electron chi connectivity index (χ1n) is 6.48. The van der Waals surface area contributed by atoms with Gasteiger partial charge in [0.2, 0.25) is 0 Å². The van der Waals surface area contributed by atoms with Gasteiger partial charge in [0.15, 0.2) is 6.10 Å². The second-order valence-electron chi connectivity index (χ2n) is 5.80. The number of carbonyl (C=O) groups is 2. The molecule has 0 aliphatic carbocycles. The Labute approximate surface area is 113 Å². The van der Waals surface area contributed by atoms with Crippen molar-refractivity contribution < 1.29 is 24.2 Å². The lowest BCUT2D eigenvalue weighted by Crippen LogP contribution is -2.47. The number of hydrogen-bond acceptors (Lipinski definition) is 5. The highest BCUT2D eigenvalue weighted by atomic mass is 16.6. The molecule has 0 aromatic carbocycles. The van der Waals surface area contributed by atoms with Gasteiger partial charge < -0.3 is 19.5 Å². The SMILES string of the molecule is COC(=O)C(O)C1CCCN(C(=O)OC(C)(C)C)C1. The molecule has 110 valence electrons. The van der Waals surface area contributed by atoms with Crippen molar-refractivity contribution in [2.24, 2.45) is 5.92 Å². The molecule has 1 fully saturated rings. The van der Waals surface area contributed by atoms with Crippen LogP contribution in [-0.2, 0) is 14.3 Å². The van der Waals surface area contributed by atoms with Crippen molar-refractivity contribution in [3.8, 4) is 0 Å². The standard InChI is InChI=1S/C13H23NO5/c1-13(2,3)19-12(17)14-7-5-6-9(8-14)10(15)11(16)18-4/h9-10,15H,5-8H2,1-4H3. The van der Waals surface area contributed by atoms with E-state index in [9.17, 15) is 14.7 Å². The molecule has 6 heteroatoms. The summed E-state index contributed by atoms with van der Waals surface area (Å²) >= 11 is 0. The van der Waals surface area contributed by atoms with Gasteiger partial charge >= 0.3 is 12.1 Å². The molecule has 1 N–H and O–H groups in total. The van der Waals surface area contributed by atoms with Gasteiger partial charge in [0.1, 0.15) is 5.60 Å². The minimum atomic E-state index is -1.18. The van der Waals surface area contributed by atoms with Crippen LogP contribution >= 0.6 is 0 Å². The summed E-state index contributed by atoms with van der Waals surface area (Å²) in [7, 11) is 1.24. The van der Waals surface area contributed by atoms with Crippen molar-refractivity contribution in [1.82, 2.24) is 4.90 Å². The van der Waals surface area contributed by atoms with Crippen LogP contribution in [0, 0.1) is 5.92 Å².